The Balaban J connectivity index is 1.40. The van der Waals surface area contributed by atoms with Gasteiger partial charge in [0.15, 0.2) is 0 Å². The van der Waals surface area contributed by atoms with E-state index in [1.165, 1.54) is 4.90 Å². The minimum absolute atomic E-state index is 0.0540. The molecule has 5 rings (SSSR count). The largest absolute Gasteiger partial charge is 0.338 e. The molecule has 33 heavy (non-hydrogen) atoms. The molecule has 0 N–H and O–H groups in total. The summed E-state index contributed by atoms with van der Waals surface area (Å²) in [5.41, 5.74) is 5.34. The maximum Gasteiger partial charge on any atom is 0.253 e. The van der Waals surface area contributed by atoms with Gasteiger partial charge in [-0.05, 0) is 42.1 Å². The van der Waals surface area contributed by atoms with Crippen molar-refractivity contribution in [1.82, 2.24) is 14.5 Å². The molecule has 0 saturated carbocycles. The van der Waals surface area contributed by atoms with Crippen LogP contribution < -0.4 is 0 Å². The van der Waals surface area contributed by atoms with E-state index in [1.54, 1.807) is 23.5 Å². The molecule has 0 aliphatic carbocycles. The third kappa shape index (κ3) is 4.15. The number of thiophene rings is 1. The average Bonchev–Trinajstić information content (AvgIpc) is 3.45. The van der Waals surface area contributed by atoms with Gasteiger partial charge in [-0.15, -0.1) is 11.3 Å². The van der Waals surface area contributed by atoms with Crippen molar-refractivity contribution in [2.24, 2.45) is 0 Å². The minimum atomic E-state index is -2.69. The van der Waals surface area contributed by atoms with Crippen LogP contribution in [-0.2, 0) is 6.54 Å². The van der Waals surface area contributed by atoms with Crippen molar-refractivity contribution in [3.63, 3.8) is 0 Å². The maximum atomic E-state index is 13.4. The molecule has 8 heteroatoms. The van der Waals surface area contributed by atoms with Gasteiger partial charge in [-0.1, -0.05) is 29.8 Å². The van der Waals surface area contributed by atoms with Crippen molar-refractivity contribution < 1.29 is 13.6 Å². The molecular weight excluding hydrogens is 464 g/mol. The Bertz CT molecular complexity index is 1340. The van der Waals surface area contributed by atoms with Gasteiger partial charge >= 0.3 is 0 Å². The highest BCUT2D eigenvalue weighted by Crippen LogP contribution is 2.38. The number of aromatic nitrogens is 2. The van der Waals surface area contributed by atoms with Gasteiger partial charge in [-0.3, -0.25) is 4.79 Å². The van der Waals surface area contributed by atoms with E-state index in [0.29, 0.717) is 10.6 Å². The first-order valence-corrected chi connectivity index (χ1v) is 12.1. The Morgan fingerprint density at radius 3 is 2.67 bits per heavy atom. The third-order valence-electron chi connectivity index (χ3n) is 6.17. The number of aryl methyl sites for hydroxylation is 1. The lowest BCUT2D eigenvalue weighted by Gasteiger charge is -2.31. The molecule has 1 fully saturated rings. The minimum Gasteiger partial charge on any atom is -0.338 e. The number of para-hydroxylation sites is 1. The summed E-state index contributed by atoms with van der Waals surface area (Å²) in [7, 11) is 0. The van der Waals surface area contributed by atoms with Crippen molar-refractivity contribution >= 4 is 39.9 Å². The molecule has 1 saturated heterocycles. The molecule has 1 aliphatic heterocycles. The molecule has 0 unspecified atom stereocenters. The Hall–Kier alpha value is -2.77. The first kappa shape index (κ1) is 22.0. The van der Waals surface area contributed by atoms with Crippen LogP contribution in [0.25, 0.3) is 32.6 Å². The summed E-state index contributed by atoms with van der Waals surface area (Å²) in [6, 6.07) is 13.4. The van der Waals surface area contributed by atoms with Gasteiger partial charge in [-0.25, -0.2) is 13.8 Å². The first-order chi connectivity index (χ1) is 15.9. The second kappa shape index (κ2) is 8.54. The van der Waals surface area contributed by atoms with E-state index in [0.717, 1.165) is 39.1 Å². The lowest BCUT2D eigenvalue weighted by molar-refractivity contribution is -0.0494. The van der Waals surface area contributed by atoms with Crippen LogP contribution in [0.1, 0.15) is 30.1 Å². The number of benzene rings is 2. The zero-order valence-corrected chi connectivity index (χ0v) is 19.6. The van der Waals surface area contributed by atoms with Gasteiger partial charge in [0, 0.05) is 59.1 Å². The fourth-order valence-electron chi connectivity index (χ4n) is 4.26. The summed E-state index contributed by atoms with van der Waals surface area (Å²) in [5.74, 6) is -2.95. The second-order valence-electron chi connectivity index (χ2n) is 8.25. The van der Waals surface area contributed by atoms with Crippen LogP contribution in [0.3, 0.4) is 0 Å². The number of carbonyl (C=O) groups excluding carboxylic acids is 1. The highest BCUT2D eigenvalue weighted by Gasteiger charge is 2.35. The molecule has 0 radical (unpaired) electrons. The lowest BCUT2D eigenvalue weighted by atomic mass is 10.0. The number of likely N-dealkylation sites (tertiary alicyclic amines) is 1. The number of carbonyl (C=O) groups is 1. The number of alkyl halides is 2. The monoisotopic (exact) mass is 485 g/mol. The molecule has 4 aromatic rings. The standard InChI is InChI=1S/C25H22ClF2N3OS/c1-2-30-15-29-23-19(4-3-5-21(23)30)22-13-17(14-33-22)18-7-6-16(12-20(18)26)24(32)31-10-8-25(27,28)9-11-31/h3-7,12-15H,2,8-11H2,1H3. The maximum absolute atomic E-state index is 13.4. The Labute approximate surface area is 199 Å². The molecule has 3 heterocycles. The van der Waals surface area contributed by atoms with E-state index in [-0.39, 0.29) is 31.8 Å². The van der Waals surface area contributed by atoms with Crippen LogP contribution in [0, 0.1) is 0 Å². The molecule has 2 aromatic heterocycles. The molecule has 1 amide bonds. The van der Waals surface area contributed by atoms with Crippen LogP contribution in [0.5, 0.6) is 0 Å². The molecular formula is C25H22ClF2N3OS. The Morgan fingerprint density at radius 2 is 1.94 bits per heavy atom. The number of fused-ring (bicyclic) bond motifs is 1. The molecule has 0 bridgehead atoms. The highest BCUT2D eigenvalue weighted by molar-refractivity contribution is 7.14. The number of hydrogen-bond acceptors (Lipinski definition) is 3. The van der Waals surface area contributed by atoms with E-state index < -0.39 is 5.92 Å². The predicted octanol–water partition coefficient (Wildman–Crippen LogP) is 6.98. The van der Waals surface area contributed by atoms with Crippen LogP contribution in [-0.4, -0.2) is 39.4 Å². The lowest BCUT2D eigenvalue weighted by Crippen LogP contribution is -2.42. The number of imidazole rings is 1. The van der Waals surface area contributed by atoms with Crippen LogP contribution >= 0.6 is 22.9 Å². The fraction of sp³-hybridized carbons (Fsp3) is 0.280. The van der Waals surface area contributed by atoms with E-state index in [9.17, 15) is 13.6 Å². The summed E-state index contributed by atoms with van der Waals surface area (Å²) >= 11 is 8.18. The van der Waals surface area contributed by atoms with E-state index in [4.69, 9.17) is 11.6 Å². The molecule has 1 aliphatic rings. The van der Waals surface area contributed by atoms with Gasteiger partial charge in [-0.2, -0.15) is 0 Å². The number of nitrogens with zero attached hydrogens (tertiary/aromatic N) is 3. The zero-order chi connectivity index (χ0) is 23.2. The quantitative estimate of drug-likeness (QED) is 0.313. The van der Waals surface area contributed by atoms with Gasteiger partial charge in [0.2, 0.25) is 0 Å². The van der Waals surface area contributed by atoms with Crippen molar-refractivity contribution in [1.29, 1.82) is 0 Å². The number of piperidine rings is 1. The normalized spacial score (nSPS) is 15.8. The fourth-order valence-corrected chi connectivity index (χ4v) is 5.48. The topological polar surface area (TPSA) is 38.1 Å². The third-order valence-corrected chi connectivity index (χ3v) is 7.44. The SMILES string of the molecule is CCn1cnc2c(-c3cc(-c4ccc(C(=O)N5CCC(F)(F)CC5)cc4Cl)cs3)cccc21. The summed E-state index contributed by atoms with van der Waals surface area (Å²) in [5, 5.41) is 2.50. The van der Waals surface area contributed by atoms with E-state index in [2.05, 4.69) is 34.7 Å². The highest BCUT2D eigenvalue weighted by atomic mass is 35.5. The van der Waals surface area contributed by atoms with Crippen molar-refractivity contribution in [2.45, 2.75) is 32.2 Å². The smallest absolute Gasteiger partial charge is 0.253 e. The van der Waals surface area contributed by atoms with Gasteiger partial charge < -0.3 is 9.47 Å². The summed E-state index contributed by atoms with van der Waals surface area (Å²) in [6.07, 6.45) is 1.26. The zero-order valence-electron chi connectivity index (χ0n) is 18.0. The van der Waals surface area contributed by atoms with E-state index in [1.807, 2.05) is 23.8 Å². The van der Waals surface area contributed by atoms with Gasteiger partial charge in [0.25, 0.3) is 11.8 Å². The predicted molar refractivity (Wildman–Crippen MR) is 129 cm³/mol. The number of halogens is 3. The molecule has 0 spiro atoms. The van der Waals surface area contributed by atoms with Crippen molar-refractivity contribution in [3.8, 4) is 21.6 Å². The van der Waals surface area contributed by atoms with Crippen molar-refractivity contribution in [2.75, 3.05) is 13.1 Å². The summed E-state index contributed by atoms with van der Waals surface area (Å²) in [6.45, 7) is 3.06. The average molecular weight is 486 g/mol. The first-order valence-electron chi connectivity index (χ1n) is 10.9. The number of hydrogen-bond donors (Lipinski definition) is 0. The molecule has 4 nitrogen and oxygen atoms in total. The molecule has 0 atom stereocenters. The Morgan fingerprint density at radius 1 is 1.15 bits per heavy atom. The summed E-state index contributed by atoms with van der Waals surface area (Å²) in [4.78, 5) is 19.9. The molecule has 170 valence electrons. The van der Waals surface area contributed by atoms with Crippen molar-refractivity contribution in [3.05, 3.63) is 64.8 Å². The van der Waals surface area contributed by atoms with E-state index >= 15 is 0 Å². The summed E-state index contributed by atoms with van der Waals surface area (Å²) < 4.78 is 28.9. The molecule has 2 aromatic carbocycles. The van der Waals surface area contributed by atoms with Crippen LogP contribution in [0.15, 0.2) is 54.2 Å². The second-order valence-corrected chi connectivity index (χ2v) is 9.56. The van der Waals surface area contributed by atoms with Gasteiger partial charge in [0.1, 0.15) is 0 Å². The number of amides is 1. The van der Waals surface area contributed by atoms with Crippen LogP contribution in [0.2, 0.25) is 5.02 Å². The van der Waals surface area contributed by atoms with Gasteiger partial charge in [0.05, 0.1) is 17.4 Å². The number of rotatable bonds is 4. The Kier molecular flexibility index (Phi) is 5.70. The van der Waals surface area contributed by atoms with Crippen LogP contribution in [0.4, 0.5) is 8.78 Å².